The zero-order chi connectivity index (χ0) is 15.5. The van der Waals surface area contributed by atoms with Gasteiger partial charge >= 0.3 is 0 Å². The van der Waals surface area contributed by atoms with E-state index in [0.717, 1.165) is 11.2 Å². The van der Waals surface area contributed by atoms with E-state index in [4.69, 9.17) is 9.47 Å². The number of aromatic amines is 1. The molecule has 1 aromatic carbocycles. The smallest absolute Gasteiger partial charge is 0.183 e. The van der Waals surface area contributed by atoms with E-state index in [2.05, 4.69) is 15.0 Å². The van der Waals surface area contributed by atoms with Gasteiger partial charge < -0.3 is 14.5 Å². The van der Waals surface area contributed by atoms with E-state index in [0.29, 0.717) is 27.9 Å². The van der Waals surface area contributed by atoms with Crippen LogP contribution in [0.25, 0.3) is 11.0 Å². The first kappa shape index (κ1) is 14.6. The summed E-state index contributed by atoms with van der Waals surface area (Å²) in [4.78, 5) is 11.8. The molecule has 2 aromatic heterocycles. The average molecular weight is 319 g/mol. The van der Waals surface area contributed by atoms with E-state index in [-0.39, 0.29) is 5.82 Å². The Morgan fingerprint density at radius 2 is 2.09 bits per heavy atom. The van der Waals surface area contributed by atoms with Gasteiger partial charge in [-0.2, -0.15) is 0 Å². The van der Waals surface area contributed by atoms with Crippen LogP contribution in [0.3, 0.4) is 0 Å². The number of hydrogen-bond acceptors (Lipinski definition) is 5. The first-order chi connectivity index (χ1) is 10.7. The molecule has 0 aliphatic rings. The molecule has 0 unspecified atom stereocenters. The second-order valence-corrected chi connectivity index (χ2v) is 5.45. The number of methoxy groups -OCH3 is 2. The number of rotatable bonds is 5. The molecule has 7 heteroatoms. The Kier molecular flexibility index (Phi) is 4.15. The Morgan fingerprint density at radius 3 is 2.86 bits per heavy atom. The molecule has 0 amide bonds. The fraction of sp³-hybridized carbons (Fsp3) is 0.200. The zero-order valence-corrected chi connectivity index (χ0v) is 12.9. The van der Waals surface area contributed by atoms with Crippen LogP contribution in [-0.4, -0.2) is 29.2 Å². The van der Waals surface area contributed by atoms with Crippen molar-refractivity contribution in [3.05, 3.63) is 42.0 Å². The molecule has 0 spiro atoms. The van der Waals surface area contributed by atoms with E-state index in [1.165, 1.54) is 23.9 Å². The maximum Gasteiger partial charge on any atom is 0.183 e. The lowest BCUT2D eigenvalue weighted by molar-refractivity contribution is 0.350. The van der Waals surface area contributed by atoms with Gasteiger partial charge in [0.2, 0.25) is 0 Å². The van der Waals surface area contributed by atoms with Gasteiger partial charge in [0.15, 0.2) is 16.7 Å². The number of fused-ring (bicyclic) bond motifs is 1. The molecular formula is C15H14FN3O2S. The number of aromatic nitrogens is 3. The summed E-state index contributed by atoms with van der Waals surface area (Å²) in [5.41, 5.74) is 2.17. The molecule has 0 bridgehead atoms. The minimum absolute atomic E-state index is 0.288. The minimum Gasteiger partial charge on any atom is -0.493 e. The number of nitrogens with zero attached hydrogens (tertiary/aromatic N) is 2. The number of hydrogen-bond donors (Lipinski definition) is 1. The monoisotopic (exact) mass is 319 g/mol. The fourth-order valence-corrected chi connectivity index (χ4v) is 2.94. The van der Waals surface area contributed by atoms with E-state index >= 15 is 0 Å². The Hall–Kier alpha value is -2.28. The maximum absolute atomic E-state index is 13.2. The van der Waals surface area contributed by atoms with Crippen molar-refractivity contribution < 1.29 is 13.9 Å². The van der Waals surface area contributed by atoms with Gasteiger partial charge in [-0.05, 0) is 18.2 Å². The van der Waals surface area contributed by atoms with Crippen molar-refractivity contribution in [2.45, 2.75) is 10.9 Å². The topological polar surface area (TPSA) is 60.0 Å². The molecule has 0 aliphatic carbocycles. The van der Waals surface area contributed by atoms with Gasteiger partial charge in [0, 0.05) is 18.0 Å². The second kappa shape index (κ2) is 6.23. The third kappa shape index (κ3) is 2.85. The molecular weight excluding hydrogens is 305 g/mol. The first-order valence-corrected chi connectivity index (χ1v) is 7.53. The minimum atomic E-state index is -0.288. The first-order valence-electron chi connectivity index (χ1n) is 6.55. The van der Waals surface area contributed by atoms with Crippen LogP contribution >= 0.6 is 11.8 Å². The highest BCUT2D eigenvalue weighted by atomic mass is 32.2. The summed E-state index contributed by atoms with van der Waals surface area (Å²) in [6.07, 6.45) is 1.67. The largest absolute Gasteiger partial charge is 0.493 e. The number of imidazole rings is 1. The molecule has 3 rings (SSSR count). The Morgan fingerprint density at radius 1 is 1.23 bits per heavy atom. The molecule has 0 saturated heterocycles. The van der Waals surface area contributed by atoms with Crippen molar-refractivity contribution in [1.29, 1.82) is 0 Å². The summed E-state index contributed by atoms with van der Waals surface area (Å²) in [5.74, 6) is 1.52. The molecule has 22 heavy (non-hydrogen) atoms. The third-order valence-electron chi connectivity index (χ3n) is 3.13. The van der Waals surface area contributed by atoms with E-state index in [1.807, 2.05) is 0 Å². The molecule has 0 saturated carbocycles. The standard InChI is InChI=1S/C15H14FN3O2S/c1-20-13-5-6-17-12(14(13)21-2)8-22-15-18-10-4-3-9(16)7-11(10)19-15/h3-7H,8H2,1-2H3,(H,18,19). The third-order valence-corrected chi connectivity index (χ3v) is 4.02. The average Bonchev–Trinajstić information content (AvgIpc) is 2.94. The van der Waals surface area contributed by atoms with Crippen LogP contribution in [0.5, 0.6) is 11.5 Å². The van der Waals surface area contributed by atoms with E-state index in [9.17, 15) is 4.39 Å². The lowest BCUT2D eigenvalue weighted by atomic mass is 10.3. The highest BCUT2D eigenvalue weighted by molar-refractivity contribution is 7.98. The second-order valence-electron chi connectivity index (χ2n) is 4.49. The summed E-state index contributed by atoms with van der Waals surface area (Å²) in [5, 5.41) is 0.701. The van der Waals surface area contributed by atoms with Crippen molar-refractivity contribution in [2.75, 3.05) is 14.2 Å². The number of ether oxygens (including phenoxy) is 2. The summed E-state index contributed by atoms with van der Waals surface area (Å²) >= 11 is 1.47. The van der Waals surface area contributed by atoms with E-state index < -0.39 is 0 Å². The molecule has 0 radical (unpaired) electrons. The summed E-state index contributed by atoms with van der Waals surface area (Å²) in [7, 11) is 3.17. The van der Waals surface area contributed by atoms with E-state index in [1.54, 1.807) is 32.5 Å². The molecule has 2 heterocycles. The summed E-state index contributed by atoms with van der Waals surface area (Å²) < 4.78 is 23.8. The number of nitrogens with one attached hydrogen (secondary N) is 1. The molecule has 0 atom stereocenters. The SMILES string of the molecule is COc1ccnc(CSc2nc3ccc(F)cc3[nH]2)c1OC. The van der Waals surface area contributed by atoms with Crippen molar-refractivity contribution >= 4 is 22.8 Å². The van der Waals surface area contributed by atoms with Gasteiger partial charge in [-0.25, -0.2) is 9.37 Å². The molecule has 1 N–H and O–H groups in total. The Bertz CT molecular complexity index is 807. The van der Waals surface area contributed by atoms with Crippen LogP contribution in [-0.2, 0) is 5.75 Å². The molecule has 5 nitrogen and oxygen atoms in total. The maximum atomic E-state index is 13.2. The number of pyridine rings is 1. The highest BCUT2D eigenvalue weighted by Gasteiger charge is 2.12. The molecule has 3 aromatic rings. The van der Waals surface area contributed by atoms with Crippen LogP contribution in [0, 0.1) is 5.82 Å². The zero-order valence-electron chi connectivity index (χ0n) is 12.1. The van der Waals surface area contributed by atoms with Crippen LogP contribution in [0.15, 0.2) is 35.6 Å². The number of H-pyrrole nitrogens is 1. The van der Waals surface area contributed by atoms with Crippen molar-refractivity contribution in [3.63, 3.8) is 0 Å². The summed E-state index contributed by atoms with van der Waals surface area (Å²) in [6.45, 7) is 0. The van der Waals surface area contributed by atoms with Crippen molar-refractivity contribution in [3.8, 4) is 11.5 Å². The van der Waals surface area contributed by atoms with Gasteiger partial charge in [-0.1, -0.05) is 11.8 Å². The van der Waals surface area contributed by atoms with Gasteiger partial charge in [-0.3, -0.25) is 4.98 Å². The normalized spacial score (nSPS) is 10.9. The highest BCUT2D eigenvalue weighted by Crippen LogP contribution is 2.33. The Balaban J connectivity index is 1.82. The van der Waals surface area contributed by atoms with Crippen molar-refractivity contribution in [2.24, 2.45) is 0 Å². The quantitative estimate of drug-likeness (QED) is 0.730. The Labute approximate surface area is 130 Å². The predicted octanol–water partition coefficient (Wildman–Crippen LogP) is 3.41. The van der Waals surface area contributed by atoms with Gasteiger partial charge in [0.25, 0.3) is 0 Å². The fourth-order valence-electron chi connectivity index (χ4n) is 2.12. The molecule has 0 fully saturated rings. The number of benzene rings is 1. The van der Waals surface area contributed by atoms with Gasteiger partial charge in [0.1, 0.15) is 5.82 Å². The molecule has 0 aliphatic heterocycles. The summed E-state index contributed by atoms with van der Waals surface area (Å²) in [6, 6.07) is 6.22. The predicted molar refractivity (Wildman–Crippen MR) is 83.0 cm³/mol. The van der Waals surface area contributed by atoms with Gasteiger partial charge in [-0.15, -0.1) is 0 Å². The van der Waals surface area contributed by atoms with Crippen molar-refractivity contribution in [1.82, 2.24) is 15.0 Å². The molecule has 114 valence electrons. The lowest BCUT2D eigenvalue weighted by Gasteiger charge is -2.10. The van der Waals surface area contributed by atoms with Crippen LogP contribution < -0.4 is 9.47 Å². The number of halogens is 1. The lowest BCUT2D eigenvalue weighted by Crippen LogP contribution is -1.97. The van der Waals surface area contributed by atoms with Crippen LogP contribution in [0.1, 0.15) is 5.69 Å². The number of thioether (sulfide) groups is 1. The van der Waals surface area contributed by atoms with Crippen LogP contribution in [0.2, 0.25) is 0 Å². The van der Waals surface area contributed by atoms with Gasteiger partial charge in [0.05, 0.1) is 30.9 Å². The van der Waals surface area contributed by atoms with Crippen LogP contribution in [0.4, 0.5) is 4.39 Å².